The lowest BCUT2D eigenvalue weighted by Crippen LogP contribution is -2.45. The molecule has 1 aliphatic heterocycles. The molecule has 24 heavy (non-hydrogen) atoms. The van der Waals surface area contributed by atoms with Gasteiger partial charge < -0.3 is 14.9 Å². The molecule has 2 amide bonds. The summed E-state index contributed by atoms with van der Waals surface area (Å²) in [5.74, 6) is -1.89. The van der Waals surface area contributed by atoms with Crippen LogP contribution < -0.4 is 0 Å². The second kappa shape index (κ2) is 7.85. The molecule has 2 rings (SSSR count). The Balaban J connectivity index is 1.97. The van der Waals surface area contributed by atoms with Crippen LogP contribution in [0.1, 0.15) is 23.2 Å². The third-order valence-corrected chi connectivity index (χ3v) is 4.72. The molecule has 1 N–H and O–H groups in total. The molecule has 0 aliphatic carbocycles. The van der Waals surface area contributed by atoms with Crippen LogP contribution in [0.5, 0.6) is 0 Å². The third-order valence-electron chi connectivity index (χ3n) is 4.09. The van der Waals surface area contributed by atoms with Gasteiger partial charge in [-0.2, -0.15) is 0 Å². The lowest BCUT2D eigenvalue weighted by Gasteiger charge is -2.31. The Morgan fingerprint density at radius 2 is 1.75 bits per heavy atom. The zero-order valence-corrected chi connectivity index (χ0v) is 14.7. The Morgan fingerprint density at radius 1 is 1.21 bits per heavy atom. The van der Waals surface area contributed by atoms with Gasteiger partial charge in [-0.25, -0.2) is 0 Å². The summed E-state index contributed by atoms with van der Waals surface area (Å²) in [6.45, 7) is 0.646. The fourth-order valence-corrected chi connectivity index (χ4v) is 3.20. The van der Waals surface area contributed by atoms with Gasteiger partial charge in [-0.15, -0.1) is 0 Å². The van der Waals surface area contributed by atoms with Gasteiger partial charge in [0.25, 0.3) is 5.91 Å². The van der Waals surface area contributed by atoms with Crippen LogP contribution in [0, 0.1) is 5.92 Å². The van der Waals surface area contributed by atoms with E-state index in [9.17, 15) is 14.4 Å². The molecule has 0 atom stereocenters. The van der Waals surface area contributed by atoms with Gasteiger partial charge in [0.05, 0.1) is 28.1 Å². The maximum Gasteiger partial charge on any atom is 0.306 e. The summed E-state index contributed by atoms with van der Waals surface area (Å²) < 4.78 is 0. The Hall–Kier alpha value is -1.79. The van der Waals surface area contributed by atoms with Crippen molar-refractivity contribution in [3.8, 4) is 0 Å². The summed E-state index contributed by atoms with van der Waals surface area (Å²) >= 11 is 12.0. The summed E-state index contributed by atoms with van der Waals surface area (Å²) in [6, 6.07) is 4.76. The average molecular weight is 373 g/mol. The molecule has 1 aromatic rings. The van der Waals surface area contributed by atoms with Crippen LogP contribution in [0.25, 0.3) is 0 Å². The predicted octanol–water partition coefficient (Wildman–Crippen LogP) is 2.39. The second-order valence-corrected chi connectivity index (χ2v) is 6.57. The van der Waals surface area contributed by atoms with Crippen molar-refractivity contribution in [1.82, 2.24) is 9.80 Å². The molecule has 130 valence electrons. The van der Waals surface area contributed by atoms with Crippen molar-refractivity contribution in [3.05, 3.63) is 33.8 Å². The SMILES string of the molecule is CN(CC(=O)N1CCC(C(=O)O)CC1)C(=O)c1c(Cl)cccc1Cl. The van der Waals surface area contributed by atoms with E-state index < -0.39 is 17.8 Å². The van der Waals surface area contributed by atoms with Gasteiger partial charge in [0.1, 0.15) is 0 Å². The van der Waals surface area contributed by atoms with Crippen molar-refractivity contribution in [2.75, 3.05) is 26.7 Å². The number of carbonyl (C=O) groups excluding carboxylic acids is 2. The van der Waals surface area contributed by atoms with E-state index >= 15 is 0 Å². The van der Waals surface area contributed by atoms with Crippen LogP contribution in [0.3, 0.4) is 0 Å². The summed E-state index contributed by atoms with van der Waals surface area (Å²) in [5.41, 5.74) is 0.167. The summed E-state index contributed by atoms with van der Waals surface area (Å²) in [6.07, 6.45) is 0.851. The number of piperidine rings is 1. The highest BCUT2D eigenvalue weighted by atomic mass is 35.5. The number of hydrogen-bond acceptors (Lipinski definition) is 3. The highest BCUT2D eigenvalue weighted by Crippen LogP contribution is 2.25. The number of rotatable bonds is 4. The maximum absolute atomic E-state index is 12.5. The van der Waals surface area contributed by atoms with Crippen molar-refractivity contribution < 1.29 is 19.5 Å². The number of likely N-dealkylation sites (N-methyl/N-ethyl adjacent to an activating group) is 1. The van der Waals surface area contributed by atoms with E-state index in [1.165, 1.54) is 11.9 Å². The molecule has 0 saturated carbocycles. The van der Waals surface area contributed by atoms with E-state index in [-0.39, 0.29) is 28.1 Å². The highest BCUT2D eigenvalue weighted by molar-refractivity contribution is 6.39. The standard InChI is InChI=1S/C16H18Cl2N2O4/c1-19(15(22)14-11(17)3-2-4-12(14)18)9-13(21)20-7-5-10(6-8-20)16(23)24/h2-4,10H,5-9H2,1H3,(H,23,24). The highest BCUT2D eigenvalue weighted by Gasteiger charge is 2.28. The van der Waals surface area contributed by atoms with E-state index in [1.54, 1.807) is 23.1 Å². The molecular formula is C16H18Cl2N2O4. The van der Waals surface area contributed by atoms with E-state index in [0.29, 0.717) is 25.9 Å². The number of halogens is 2. The van der Waals surface area contributed by atoms with E-state index in [1.807, 2.05) is 0 Å². The van der Waals surface area contributed by atoms with Crippen LogP contribution in [0.2, 0.25) is 10.0 Å². The molecule has 8 heteroatoms. The Kier molecular flexibility index (Phi) is 6.07. The Bertz CT molecular complexity index is 637. The van der Waals surface area contributed by atoms with Crippen LogP contribution >= 0.6 is 23.2 Å². The number of carboxylic acid groups (broad SMARTS) is 1. The minimum atomic E-state index is -0.831. The number of likely N-dealkylation sites (tertiary alicyclic amines) is 1. The maximum atomic E-state index is 12.5. The zero-order valence-electron chi connectivity index (χ0n) is 13.2. The molecule has 6 nitrogen and oxygen atoms in total. The number of aliphatic carboxylic acids is 1. The van der Waals surface area contributed by atoms with Gasteiger partial charge in [0.15, 0.2) is 0 Å². The molecular weight excluding hydrogens is 355 g/mol. The molecule has 1 heterocycles. The lowest BCUT2D eigenvalue weighted by atomic mass is 9.97. The predicted molar refractivity (Wildman–Crippen MR) is 90.4 cm³/mol. The Morgan fingerprint density at radius 3 is 2.25 bits per heavy atom. The molecule has 0 spiro atoms. The van der Waals surface area contributed by atoms with Crippen molar-refractivity contribution in [2.24, 2.45) is 5.92 Å². The second-order valence-electron chi connectivity index (χ2n) is 5.75. The molecule has 1 saturated heterocycles. The molecule has 1 aromatic carbocycles. The molecule has 0 radical (unpaired) electrons. The minimum Gasteiger partial charge on any atom is -0.481 e. The third kappa shape index (κ3) is 4.19. The fraction of sp³-hybridized carbons (Fsp3) is 0.438. The zero-order chi connectivity index (χ0) is 17.9. The largest absolute Gasteiger partial charge is 0.481 e. The van der Waals surface area contributed by atoms with Crippen LogP contribution in [0.4, 0.5) is 0 Å². The van der Waals surface area contributed by atoms with E-state index in [4.69, 9.17) is 28.3 Å². The number of carbonyl (C=O) groups is 3. The van der Waals surface area contributed by atoms with Crippen molar-refractivity contribution in [3.63, 3.8) is 0 Å². The first-order valence-corrected chi connectivity index (χ1v) is 8.27. The molecule has 0 bridgehead atoms. The van der Waals surface area contributed by atoms with Crippen LogP contribution in [-0.2, 0) is 9.59 Å². The van der Waals surface area contributed by atoms with Gasteiger partial charge >= 0.3 is 5.97 Å². The van der Waals surface area contributed by atoms with Crippen LogP contribution in [-0.4, -0.2) is 59.4 Å². The summed E-state index contributed by atoms with van der Waals surface area (Å²) in [5, 5.41) is 9.44. The lowest BCUT2D eigenvalue weighted by molar-refractivity contribution is -0.145. The number of amides is 2. The minimum absolute atomic E-state index is 0.113. The summed E-state index contributed by atoms with van der Waals surface area (Å²) in [7, 11) is 1.50. The number of benzene rings is 1. The number of nitrogens with zero attached hydrogens (tertiary/aromatic N) is 2. The van der Waals surface area contributed by atoms with Crippen molar-refractivity contribution >= 4 is 41.0 Å². The first kappa shape index (κ1) is 18.5. The van der Waals surface area contributed by atoms with Gasteiger partial charge in [-0.3, -0.25) is 14.4 Å². The first-order chi connectivity index (χ1) is 11.3. The topological polar surface area (TPSA) is 77.9 Å². The molecule has 0 unspecified atom stereocenters. The smallest absolute Gasteiger partial charge is 0.306 e. The van der Waals surface area contributed by atoms with E-state index in [0.717, 1.165) is 0 Å². The normalized spacial score (nSPS) is 15.2. The molecule has 0 aromatic heterocycles. The van der Waals surface area contributed by atoms with Gasteiger partial charge in [-0.05, 0) is 25.0 Å². The molecule has 1 aliphatic rings. The Labute approximate surface area is 149 Å². The van der Waals surface area contributed by atoms with Gasteiger partial charge in [-0.1, -0.05) is 29.3 Å². The number of hydrogen-bond donors (Lipinski definition) is 1. The fourth-order valence-electron chi connectivity index (χ4n) is 2.64. The average Bonchev–Trinajstić information content (AvgIpc) is 2.54. The van der Waals surface area contributed by atoms with Crippen molar-refractivity contribution in [2.45, 2.75) is 12.8 Å². The molecule has 1 fully saturated rings. The monoisotopic (exact) mass is 372 g/mol. The number of carboxylic acids is 1. The van der Waals surface area contributed by atoms with Crippen LogP contribution in [0.15, 0.2) is 18.2 Å². The van der Waals surface area contributed by atoms with Gasteiger partial charge in [0.2, 0.25) is 5.91 Å². The van der Waals surface area contributed by atoms with Crippen molar-refractivity contribution in [1.29, 1.82) is 0 Å². The summed E-state index contributed by atoms with van der Waals surface area (Å²) in [4.78, 5) is 38.5. The first-order valence-electron chi connectivity index (χ1n) is 7.51. The quantitative estimate of drug-likeness (QED) is 0.879. The van der Waals surface area contributed by atoms with Gasteiger partial charge in [0, 0.05) is 20.1 Å². The van der Waals surface area contributed by atoms with E-state index in [2.05, 4.69) is 0 Å².